The van der Waals surface area contributed by atoms with Crippen LogP contribution in [0.4, 0.5) is 5.82 Å². The van der Waals surface area contributed by atoms with Crippen LogP contribution in [0, 0.1) is 5.92 Å². The number of nitrogens with one attached hydrogen (secondary N) is 1. The molecule has 24 heavy (non-hydrogen) atoms. The number of halogens is 1. The summed E-state index contributed by atoms with van der Waals surface area (Å²) >= 11 is 5.88. The van der Waals surface area contributed by atoms with Crippen LogP contribution in [-0.4, -0.2) is 54.6 Å². The number of aromatic nitrogens is 1. The van der Waals surface area contributed by atoms with Crippen LogP contribution in [0.1, 0.15) is 32.6 Å². The highest BCUT2D eigenvalue weighted by Gasteiger charge is 2.30. The van der Waals surface area contributed by atoms with Gasteiger partial charge >= 0.3 is 0 Å². The van der Waals surface area contributed by atoms with E-state index in [1.807, 2.05) is 12.1 Å². The summed E-state index contributed by atoms with van der Waals surface area (Å²) in [4.78, 5) is 21.4. The second-order valence-electron chi connectivity index (χ2n) is 7.09. The molecule has 1 aromatic rings. The number of pyridine rings is 1. The molecule has 0 radical (unpaired) electrons. The van der Waals surface area contributed by atoms with Crippen molar-refractivity contribution in [3.63, 3.8) is 0 Å². The molecule has 0 spiro atoms. The van der Waals surface area contributed by atoms with Crippen molar-refractivity contribution < 1.29 is 4.79 Å². The fraction of sp³-hybridized carbons (Fsp3) is 0.667. The number of amides is 1. The van der Waals surface area contributed by atoms with E-state index in [0.717, 1.165) is 44.3 Å². The van der Waals surface area contributed by atoms with E-state index < -0.39 is 0 Å². The summed E-state index contributed by atoms with van der Waals surface area (Å²) < 4.78 is 0. The van der Waals surface area contributed by atoms with Gasteiger partial charge in [0.05, 0.1) is 5.02 Å². The Labute approximate surface area is 149 Å². The first-order valence-corrected chi connectivity index (χ1v) is 9.28. The molecule has 1 amide bonds. The third kappa shape index (κ3) is 4.39. The first-order valence-electron chi connectivity index (χ1n) is 8.90. The van der Waals surface area contributed by atoms with Gasteiger partial charge in [-0.25, -0.2) is 4.98 Å². The molecule has 0 bridgehead atoms. The largest absolute Gasteiger partial charge is 0.357 e. The molecule has 1 atom stereocenters. The lowest BCUT2D eigenvalue weighted by Crippen LogP contribution is -2.45. The van der Waals surface area contributed by atoms with E-state index >= 15 is 0 Å². The number of anilines is 1. The molecule has 1 N–H and O–H groups in total. The molecule has 5 nitrogen and oxygen atoms in total. The Hall–Kier alpha value is -1.33. The van der Waals surface area contributed by atoms with E-state index in [9.17, 15) is 4.79 Å². The van der Waals surface area contributed by atoms with Gasteiger partial charge in [0.25, 0.3) is 0 Å². The smallest absolute Gasteiger partial charge is 0.223 e. The highest BCUT2D eigenvalue weighted by Crippen LogP contribution is 2.27. The Balaban J connectivity index is 1.42. The van der Waals surface area contributed by atoms with Crippen molar-refractivity contribution in [3.8, 4) is 0 Å². The molecule has 1 unspecified atom stereocenters. The first kappa shape index (κ1) is 17.5. The fourth-order valence-electron chi connectivity index (χ4n) is 3.30. The van der Waals surface area contributed by atoms with Crippen LogP contribution in [0.15, 0.2) is 18.3 Å². The summed E-state index contributed by atoms with van der Waals surface area (Å²) in [5.74, 6) is 1.26. The van der Waals surface area contributed by atoms with Crippen molar-refractivity contribution in [2.45, 2.75) is 44.7 Å². The molecule has 2 aliphatic rings. The lowest BCUT2D eigenvalue weighted by atomic mass is 9.96. The summed E-state index contributed by atoms with van der Waals surface area (Å²) in [5.41, 5.74) is 0. The van der Waals surface area contributed by atoms with Crippen molar-refractivity contribution in [1.29, 1.82) is 0 Å². The zero-order chi connectivity index (χ0) is 17.1. The summed E-state index contributed by atoms with van der Waals surface area (Å²) in [6.07, 6.45) is 6.03. The lowest BCUT2D eigenvalue weighted by molar-refractivity contribution is -0.125. The summed E-state index contributed by atoms with van der Waals surface area (Å²) in [6.45, 7) is 4.66. The normalized spacial score (nSPS) is 20.2. The summed E-state index contributed by atoms with van der Waals surface area (Å²) in [5, 5.41) is 3.80. The molecule has 3 rings (SSSR count). The molecule has 1 aliphatic heterocycles. The molecule has 1 saturated heterocycles. The number of carbonyl (C=O) groups excluding carboxylic acids is 1. The summed E-state index contributed by atoms with van der Waals surface area (Å²) in [7, 11) is 2.16. The van der Waals surface area contributed by atoms with Crippen molar-refractivity contribution in [2.75, 3.05) is 31.6 Å². The van der Waals surface area contributed by atoms with Gasteiger partial charge in [0.15, 0.2) is 0 Å². The Morgan fingerprint density at radius 2 is 2.08 bits per heavy atom. The Morgan fingerprint density at radius 1 is 1.38 bits per heavy atom. The second-order valence-corrected chi connectivity index (χ2v) is 7.52. The predicted octanol–water partition coefficient (Wildman–Crippen LogP) is 2.55. The van der Waals surface area contributed by atoms with Crippen LogP contribution in [0.5, 0.6) is 0 Å². The molecule has 2 fully saturated rings. The Kier molecular flexibility index (Phi) is 5.61. The average molecular weight is 351 g/mol. The van der Waals surface area contributed by atoms with Crippen LogP contribution < -0.4 is 10.2 Å². The number of carbonyl (C=O) groups is 1. The summed E-state index contributed by atoms with van der Waals surface area (Å²) in [6, 6.07) is 4.94. The van der Waals surface area contributed by atoms with E-state index in [1.165, 1.54) is 12.8 Å². The van der Waals surface area contributed by atoms with Gasteiger partial charge < -0.3 is 10.2 Å². The van der Waals surface area contributed by atoms with Crippen molar-refractivity contribution in [3.05, 3.63) is 23.4 Å². The number of likely N-dealkylation sites (N-methyl/N-ethyl adjacent to an activating group) is 1. The molecule has 6 heteroatoms. The van der Waals surface area contributed by atoms with E-state index in [0.29, 0.717) is 11.1 Å². The van der Waals surface area contributed by atoms with E-state index in [4.69, 9.17) is 11.6 Å². The van der Waals surface area contributed by atoms with Gasteiger partial charge in [0.1, 0.15) is 5.82 Å². The minimum atomic E-state index is 0.118. The zero-order valence-corrected chi connectivity index (χ0v) is 15.3. The maximum atomic E-state index is 12.4. The Morgan fingerprint density at radius 3 is 2.67 bits per heavy atom. The quantitative estimate of drug-likeness (QED) is 0.856. The zero-order valence-electron chi connectivity index (χ0n) is 14.5. The molecule has 1 saturated carbocycles. The molecule has 1 aromatic heterocycles. The average Bonchev–Trinajstić information content (AvgIpc) is 3.44. The molecular formula is C18H27ClN4O. The number of rotatable bonds is 6. The van der Waals surface area contributed by atoms with Crippen LogP contribution >= 0.6 is 11.6 Å². The molecule has 132 valence electrons. The molecule has 0 aromatic carbocycles. The van der Waals surface area contributed by atoms with Crippen molar-refractivity contribution in [1.82, 2.24) is 15.2 Å². The maximum Gasteiger partial charge on any atom is 0.223 e. The van der Waals surface area contributed by atoms with Crippen molar-refractivity contribution in [2.24, 2.45) is 5.92 Å². The van der Waals surface area contributed by atoms with Gasteiger partial charge in [-0.3, -0.25) is 9.69 Å². The number of nitrogens with zero attached hydrogens (tertiary/aromatic N) is 3. The standard InChI is InChI=1S/C18H27ClN4O/c1-13(22(2)16-4-5-16)11-21-18(24)14-7-9-23(10-8-14)17-6-3-15(19)12-20-17/h3,6,12-14,16H,4-5,7-11H2,1-2H3,(H,21,24). The van der Waals surface area contributed by atoms with Gasteiger partial charge in [-0.2, -0.15) is 0 Å². The SMILES string of the molecule is CC(CNC(=O)C1CCN(c2ccc(Cl)cn2)CC1)N(C)C1CC1. The van der Waals surface area contributed by atoms with Crippen molar-refractivity contribution >= 4 is 23.3 Å². The molecule has 2 heterocycles. The predicted molar refractivity (Wildman–Crippen MR) is 97.4 cm³/mol. The van der Waals surface area contributed by atoms with Crippen LogP contribution in [0.25, 0.3) is 0 Å². The maximum absolute atomic E-state index is 12.4. The van der Waals surface area contributed by atoms with Crippen LogP contribution in [0.3, 0.4) is 0 Å². The van der Waals surface area contributed by atoms with Crippen LogP contribution in [-0.2, 0) is 4.79 Å². The second kappa shape index (κ2) is 7.70. The van der Waals surface area contributed by atoms with Gasteiger partial charge in [0, 0.05) is 43.8 Å². The van der Waals surface area contributed by atoms with Gasteiger partial charge in [-0.15, -0.1) is 0 Å². The van der Waals surface area contributed by atoms with Gasteiger partial charge in [-0.05, 0) is 51.8 Å². The monoisotopic (exact) mass is 350 g/mol. The lowest BCUT2D eigenvalue weighted by Gasteiger charge is -2.32. The van der Waals surface area contributed by atoms with Gasteiger partial charge in [0.2, 0.25) is 5.91 Å². The third-order valence-electron chi connectivity index (χ3n) is 5.29. The van der Waals surface area contributed by atoms with Crippen LogP contribution in [0.2, 0.25) is 5.02 Å². The minimum absolute atomic E-state index is 0.118. The highest BCUT2D eigenvalue weighted by atomic mass is 35.5. The highest BCUT2D eigenvalue weighted by molar-refractivity contribution is 6.30. The number of piperidine rings is 1. The topological polar surface area (TPSA) is 48.5 Å². The van der Waals surface area contributed by atoms with E-state index in [-0.39, 0.29) is 11.8 Å². The number of hydrogen-bond acceptors (Lipinski definition) is 4. The number of hydrogen-bond donors (Lipinski definition) is 1. The van der Waals surface area contributed by atoms with E-state index in [2.05, 4.69) is 34.1 Å². The molecule has 1 aliphatic carbocycles. The van der Waals surface area contributed by atoms with E-state index in [1.54, 1.807) is 6.20 Å². The molecular weight excluding hydrogens is 324 g/mol. The first-order chi connectivity index (χ1) is 11.5. The van der Waals surface area contributed by atoms with Gasteiger partial charge in [-0.1, -0.05) is 11.6 Å². The Bertz CT molecular complexity index is 553. The third-order valence-corrected chi connectivity index (χ3v) is 5.51. The fourth-order valence-corrected chi connectivity index (χ4v) is 3.42. The minimum Gasteiger partial charge on any atom is -0.357 e.